The molecule has 1 atom stereocenters. The maximum absolute atomic E-state index is 13.6. The summed E-state index contributed by atoms with van der Waals surface area (Å²) in [5, 5.41) is 19.8. The predicted molar refractivity (Wildman–Crippen MR) is 176 cm³/mol. The molecule has 1 saturated carbocycles. The van der Waals surface area contributed by atoms with E-state index in [4.69, 9.17) is 5.73 Å². The van der Waals surface area contributed by atoms with E-state index >= 15 is 0 Å². The largest absolute Gasteiger partial charge is 0.344 e. The molecule has 3 aromatic carbocycles. The van der Waals surface area contributed by atoms with E-state index in [0.717, 1.165) is 53.5 Å². The minimum atomic E-state index is -3.59. The standard InChI is InChI=1S/C33H40N8O4S/c1-21-4-17-28(46(44,45)41(2)3)19-29(21)24-9-5-22(6-10-24)18-30(36-32(42)26-11-7-23(20-34)8-12-26)33(43)35-27-15-13-25(14-16-27)31-37-39-40-38-31/h4-6,9-10,13-17,19,23,26,30H,7-8,11-12,18,20,34H2,1-3H3,(H,35,43)(H,36,42)(H,37,38,39,40)/t23?,26?,30-/m0/s1. The van der Waals surface area contributed by atoms with Crippen molar-refractivity contribution in [3.63, 3.8) is 0 Å². The second-order valence-corrected chi connectivity index (χ2v) is 14.1. The van der Waals surface area contributed by atoms with Crippen molar-refractivity contribution in [1.82, 2.24) is 30.2 Å². The summed E-state index contributed by atoms with van der Waals surface area (Å²) in [7, 11) is -0.580. The number of tetrazole rings is 1. The van der Waals surface area contributed by atoms with Crippen LogP contribution in [0.1, 0.15) is 36.8 Å². The van der Waals surface area contributed by atoms with Crippen molar-refractivity contribution in [3.05, 3.63) is 77.9 Å². The Kier molecular flexibility index (Phi) is 10.2. The third-order valence-corrected chi connectivity index (χ3v) is 10.5. The van der Waals surface area contributed by atoms with Crippen LogP contribution in [0, 0.1) is 18.8 Å². The number of hydrogen-bond donors (Lipinski definition) is 4. The fourth-order valence-corrected chi connectivity index (χ4v) is 6.65. The predicted octanol–water partition coefficient (Wildman–Crippen LogP) is 3.52. The fraction of sp³-hybridized carbons (Fsp3) is 0.364. The Morgan fingerprint density at radius 1 is 0.978 bits per heavy atom. The quantitative estimate of drug-likeness (QED) is 0.192. The van der Waals surface area contributed by atoms with Crippen LogP contribution in [0.5, 0.6) is 0 Å². The monoisotopic (exact) mass is 644 g/mol. The van der Waals surface area contributed by atoms with Crippen LogP contribution in [-0.2, 0) is 26.0 Å². The number of aromatic amines is 1. The molecule has 4 aromatic rings. The first-order valence-corrected chi connectivity index (χ1v) is 16.8. The molecule has 1 fully saturated rings. The maximum atomic E-state index is 13.6. The van der Waals surface area contributed by atoms with Crippen LogP contribution < -0.4 is 16.4 Å². The summed E-state index contributed by atoms with van der Waals surface area (Å²) in [6, 6.07) is 19.0. The van der Waals surface area contributed by atoms with Crippen LogP contribution in [-0.4, -0.2) is 71.8 Å². The molecule has 0 radical (unpaired) electrons. The van der Waals surface area contributed by atoms with Gasteiger partial charge in [-0.05, 0) is 114 Å². The number of sulfonamides is 1. The highest BCUT2D eigenvalue weighted by Crippen LogP contribution is 2.30. The molecule has 0 bridgehead atoms. The summed E-state index contributed by atoms with van der Waals surface area (Å²) in [6.45, 7) is 2.55. The number of rotatable bonds is 11. The van der Waals surface area contributed by atoms with E-state index in [9.17, 15) is 18.0 Å². The van der Waals surface area contributed by atoms with Gasteiger partial charge in [0, 0.05) is 37.7 Å². The summed E-state index contributed by atoms with van der Waals surface area (Å²) >= 11 is 0. The number of hydrogen-bond acceptors (Lipinski definition) is 8. The zero-order valence-corrected chi connectivity index (χ0v) is 27.0. The zero-order chi connectivity index (χ0) is 32.8. The highest BCUT2D eigenvalue weighted by Gasteiger charge is 2.29. The summed E-state index contributed by atoms with van der Waals surface area (Å²) in [5.74, 6) is 0.320. The van der Waals surface area contributed by atoms with Crippen LogP contribution >= 0.6 is 0 Å². The molecular weight excluding hydrogens is 604 g/mol. The third kappa shape index (κ3) is 7.66. The van der Waals surface area contributed by atoms with E-state index in [2.05, 4.69) is 31.3 Å². The number of carbonyl (C=O) groups excluding carboxylic acids is 2. The van der Waals surface area contributed by atoms with Gasteiger partial charge in [0.25, 0.3) is 0 Å². The summed E-state index contributed by atoms with van der Waals surface area (Å²) in [4.78, 5) is 27.2. The number of nitrogens with one attached hydrogen (secondary N) is 3. The van der Waals surface area contributed by atoms with Crippen LogP contribution in [0.2, 0.25) is 0 Å². The van der Waals surface area contributed by atoms with E-state index in [0.29, 0.717) is 24.0 Å². The number of nitrogens with two attached hydrogens (primary N) is 1. The lowest BCUT2D eigenvalue weighted by Crippen LogP contribution is -2.48. The number of anilines is 1. The SMILES string of the molecule is Cc1ccc(S(=O)(=O)N(C)C)cc1-c1ccc(C[C@H](NC(=O)C2CCC(CN)CC2)C(=O)Nc2ccc(-c3nnn[nH]3)cc2)cc1. The Balaban J connectivity index is 1.34. The van der Waals surface area contributed by atoms with Crippen molar-refractivity contribution in [3.8, 4) is 22.5 Å². The average molecular weight is 645 g/mol. The molecular formula is C33H40N8O4S. The Bertz CT molecular complexity index is 1750. The van der Waals surface area contributed by atoms with Gasteiger partial charge in [0.15, 0.2) is 5.82 Å². The first kappa shape index (κ1) is 32.9. The normalized spacial score (nSPS) is 17.4. The zero-order valence-electron chi connectivity index (χ0n) is 26.2. The Morgan fingerprint density at radius 2 is 1.65 bits per heavy atom. The van der Waals surface area contributed by atoms with Crippen LogP contribution in [0.15, 0.2) is 71.6 Å². The topological polar surface area (TPSA) is 176 Å². The third-order valence-electron chi connectivity index (χ3n) is 8.65. The average Bonchev–Trinajstić information content (AvgIpc) is 3.60. The molecule has 0 unspecified atom stereocenters. The number of aromatic nitrogens is 4. The van der Waals surface area contributed by atoms with Gasteiger partial charge in [0.2, 0.25) is 21.8 Å². The highest BCUT2D eigenvalue weighted by molar-refractivity contribution is 7.89. The Morgan fingerprint density at radius 3 is 2.26 bits per heavy atom. The Hall–Kier alpha value is -4.46. The van der Waals surface area contributed by atoms with Crippen molar-refractivity contribution in [2.24, 2.45) is 17.6 Å². The lowest BCUT2D eigenvalue weighted by atomic mass is 9.81. The maximum Gasteiger partial charge on any atom is 0.247 e. The van der Waals surface area contributed by atoms with Gasteiger partial charge in [-0.3, -0.25) is 9.59 Å². The number of H-pyrrole nitrogens is 1. The molecule has 0 spiro atoms. The molecule has 242 valence electrons. The van der Waals surface area contributed by atoms with Crippen molar-refractivity contribution in [2.75, 3.05) is 26.0 Å². The molecule has 1 aromatic heterocycles. The van der Waals surface area contributed by atoms with Crippen LogP contribution in [0.4, 0.5) is 5.69 Å². The molecule has 0 aliphatic heterocycles. The molecule has 0 saturated heterocycles. The summed E-state index contributed by atoms with van der Waals surface area (Å²) in [6.07, 6.45) is 3.56. The molecule has 5 rings (SSSR count). The summed E-state index contributed by atoms with van der Waals surface area (Å²) in [5.41, 5.74) is 10.6. The van der Waals surface area contributed by atoms with Gasteiger partial charge >= 0.3 is 0 Å². The van der Waals surface area contributed by atoms with Gasteiger partial charge in [-0.25, -0.2) is 17.8 Å². The number of amides is 2. The number of nitrogens with zero attached hydrogens (tertiary/aromatic N) is 4. The minimum absolute atomic E-state index is 0.130. The molecule has 1 heterocycles. The van der Waals surface area contributed by atoms with Gasteiger partial charge in [-0.15, -0.1) is 5.10 Å². The molecule has 13 heteroatoms. The van der Waals surface area contributed by atoms with E-state index in [1.165, 1.54) is 18.4 Å². The van der Waals surface area contributed by atoms with Gasteiger partial charge in [0.05, 0.1) is 4.90 Å². The van der Waals surface area contributed by atoms with E-state index in [-0.39, 0.29) is 29.0 Å². The van der Waals surface area contributed by atoms with Crippen LogP contribution in [0.25, 0.3) is 22.5 Å². The molecule has 1 aliphatic rings. The molecule has 2 amide bonds. The van der Waals surface area contributed by atoms with Crippen LogP contribution in [0.3, 0.4) is 0 Å². The second kappa shape index (κ2) is 14.3. The van der Waals surface area contributed by atoms with E-state index in [1.54, 1.807) is 42.5 Å². The number of aryl methyl sites for hydroxylation is 1. The second-order valence-electron chi connectivity index (χ2n) is 12.0. The lowest BCUT2D eigenvalue weighted by molar-refractivity contribution is -0.130. The van der Waals surface area contributed by atoms with Gasteiger partial charge in [0.1, 0.15) is 6.04 Å². The molecule has 1 aliphatic carbocycles. The number of benzene rings is 3. The molecule has 46 heavy (non-hydrogen) atoms. The van der Waals surface area contributed by atoms with E-state index < -0.39 is 16.1 Å². The van der Waals surface area contributed by atoms with Gasteiger partial charge < -0.3 is 16.4 Å². The lowest BCUT2D eigenvalue weighted by Gasteiger charge is -2.28. The van der Waals surface area contributed by atoms with Crippen molar-refractivity contribution >= 4 is 27.5 Å². The fourth-order valence-electron chi connectivity index (χ4n) is 5.72. The highest BCUT2D eigenvalue weighted by atomic mass is 32.2. The van der Waals surface area contributed by atoms with E-state index in [1.807, 2.05) is 31.2 Å². The first-order chi connectivity index (χ1) is 22.0. The Labute approximate surface area is 269 Å². The van der Waals surface area contributed by atoms with Crippen molar-refractivity contribution in [2.45, 2.75) is 50.0 Å². The van der Waals surface area contributed by atoms with Crippen molar-refractivity contribution < 1.29 is 18.0 Å². The first-order valence-electron chi connectivity index (χ1n) is 15.3. The molecule has 12 nitrogen and oxygen atoms in total. The van der Waals surface area contributed by atoms with Crippen molar-refractivity contribution in [1.29, 1.82) is 0 Å². The molecule has 5 N–H and O–H groups in total. The minimum Gasteiger partial charge on any atom is -0.344 e. The smallest absolute Gasteiger partial charge is 0.247 e. The van der Waals surface area contributed by atoms with Gasteiger partial charge in [-0.2, -0.15) is 0 Å². The summed E-state index contributed by atoms with van der Waals surface area (Å²) < 4.78 is 26.7. The van der Waals surface area contributed by atoms with Gasteiger partial charge in [-0.1, -0.05) is 30.3 Å². The number of carbonyl (C=O) groups is 2.